The van der Waals surface area contributed by atoms with E-state index in [1.807, 2.05) is 13.8 Å². The standard InChI is InChI=1S/C23H34N6O6/c1-13(2)11-17(22(33)26-14(3)20(31)28-35)27-23(34)18-5-4-10-29(18)19(30)12-25-21(32)15-6-8-16(24)9-7-15/h6-9,13-14,17-18,35H,4-5,10-12,24H2,1-3H3,(H,25,32)(H,26,33)(H,27,34)(H,28,31)/t14-,17?,18+/m1/s1. The predicted octanol–water partition coefficient (Wildman–Crippen LogP) is -0.469. The highest BCUT2D eigenvalue weighted by molar-refractivity contribution is 5.98. The maximum Gasteiger partial charge on any atom is 0.265 e. The largest absolute Gasteiger partial charge is 0.399 e. The summed E-state index contributed by atoms with van der Waals surface area (Å²) in [6, 6.07) is 3.54. The van der Waals surface area contributed by atoms with E-state index in [9.17, 15) is 24.0 Å². The number of hydroxylamine groups is 1. The fourth-order valence-electron chi connectivity index (χ4n) is 3.78. The fourth-order valence-corrected chi connectivity index (χ4v) is 3.78. The first-order valence-electron chi connectivity index (χ1n) is 11.5. The third-order valence-electron chi connectivity index (χ3n) is 5.65. The number of amides is 5. The minimum absolute atomic E-state index is 0.0536. The molecule has 0 saturated carbocycles. The molecular weight excluding hydrogens is 456 g/mol. The summed E-state index contributed by atoms with van der Waals surface area (Å²) < 4.78 is 0. The van der Waals surface area contributed by atoms with Gasteiger partial charge in [-0.2, -0.15) is 0 Å². The molecule has 5 amide bonds. The Morgan fingerprint density at radius 1 is 1.06 bits per heavy atom. The summed E-state index contributed by atoms with van der Waals surface area (Å²) in [6.07, 6.45) is 1.33. The van der Waals surface area contributed by atoms with Crippen LogP contribution in [0.3, 0.4) is 0 Å². The number of nitrogens with one attached hydrogen (secondary N) is 4. The molecule has 1 unspecified atom stereocenters. The molecule has 0 bridgehead atoms. The molecular formula is C23H34N6O6. The highest BCUT2D eigenvalue weighted by Gasteiger charge is 2.36. The number of rotatable bonds is 10. The molecule has 12 heteroatoms. The molecule has 0 spiro atoms. The van der Waals surface area contributed by atoms with E-state index in [0.29, 0.717) is 37.1 Å². The van der Waals surface area contributed by atoms with Crippen LogP contribution in [-0.2, 0) is 19.2 Å². The number of likely N-dealkylation sites (tertiary alicyclic amines) is 1. The van der Waals surface area contributed by atoms with Gasteiger partial charge in [-0.15, -0.1) is 0 Å². The van der Waals surface area contributed by atoms with Gasteiger partial charge in [0.1, 0.15) is 18.1 Å². The van der Waals surface area contributed by atoms with Crippen molar-refractivity contribution in [1.29, 1.82) is 0 Å². The van der Waals surface area contributed by atoms with Crippen LogP contribution in [0.4, 0.5) is 5.69 Å². The van der Waals surface area contributed by atoms with E-state index in [1.54, 1.807) is 24.3 Å². The Kier molecular flexibility index (Phi) is 10.0. The first-order chi connectivity index (χ1) is 16.5. The zero-order valence-electron chi connectivity index (χ0n) is 20.2. The SMILES string of the molecule is CC(C)CC(NC(=O)[C@@H]1CCCN1C(=O)CNC(=O)c1ccc(N)cc1)C(=O)N[C@H](C)C(=O)NO. The van der Waals surface area contributed by atoms with E-state index in [-0.39, 0.29) is 12.5 Å². The molecule has 192 valence electrons. The van der Waals surface area contributed by atoms with Crippen LogP contribution in [0.1, 0.15) is 50.4 Å². The van der Waals surface area contributed by atoms with Gasteiger partial charge in [0.15, 0.2) is 0 Å². The molecule has 1 heterocycles. The first-order valence-corrected chi connectivity index (χ1v) is 11.5. The monoisotopic (exact) mass is 490 g/mol. The van der Waals surface area contributed by atoms with Crippen LogP contribution >= 0.6 is 0 Å². The Bertz CT molecular complexity index is 935. The van der Waals surface area contributed by atoms with Crippen LogP contribution < -0.4 is 27.2 Å². The number of anilines is 1. The van der Waals surface area contributed by atoms with Gasteiger partial charge in [-0.1, -0.05) is 13.8 Å². The van der Waals surface area contributed by atoms with Crippen molar-refractivity contribution < 1.29 is 29.2 Å². The van der Waals surface area contributed by atoms with Crippen molar-refractivity contribution in [3.8, 4) is 0 Å². The summed E-state index contributed by atoms with van der Waals surface area (Å²) in [5.74, 6) is -2.65. The summed E-state index contributed by atoms with van der Waals surface area (Å²) >= 11 is 0. The topological polar surface area (TPSA) is 183 Å². The van der Waals surface area contributed by atoms with Crippen molar-refractivity contribution >= 4 is 35.2 Å². The molecule has 3 atom stereocenters. The molecule has 0 aliphatic carbocycles. The average Bonchev–Trinajstić information content (AvgIpc) is 3.31. The third kappa shape index (κ3) is 7.95. The molecule has 1 aromatic rings. The lowest BCUT2D eigenvalue weighted by atomic mass is 10.0. The molecule has 1 fully saturated rings. The van der Waals surface area contributed by atoms with E-state index in [1.165, 1.54) is 17.3 Å². The Hall–Kier alpha value is -3.67. The number of nitrogen functional groups attached to an aromatic ring is 1. The van der Waals surface area contributed by atoms with Gasteiger partial charge >= 0.3 is 0 Å². The third-order valence-corrected chi connectivity index (χ3v) is 5.65. The lowest BCUT2D eigenvalue weighted by Crippen LogP contribution is -2.56. The number of benzene rings is 1. The number of carbonyl (C=O) groups is 5. The summed E-state index contributed by atoms with van der Waals surface area (Å²) in [5, 5.41) is 16.4. The number of carbonyl (C=O) groups excluding carboxylic acids is 5. The zero-order chi connectivity index (χ0) is 26.1. The van der Waals surface area contributed by atoms with E-state index < -0.39 is 47.7 Å². The van der Waals surface area contributed by atoms with E-state index in [2.05, 4.69) is 16.0 Å². The molecule has 1 saturated heterocycles. The van der Waals surface area contributed by atoms with Crippen LogP contribution in [0, 0.1) is 5.92 Å². The summed E-state index contributed by atoms with van der Waals surface area (Å²) in [5.41, 5.74) is 7.95. The Morgan fingerprint density at radius 2 is 1.71 bits per heavy atom. The summed E-state index contributed by atoms with van der Waals surface area (Å²) in [4.78, 5) is 63.7. The van der Waals surface area contributed by atoms with Gasteiger partial charge in [-0.3, -0.25) is 29.2 Å². The number of hydrogen-bond donors (Lipinski definition) is 6. The van der Waals surface area contributed by atoms with E-state index >= 15 is 0 Å². The fraction of sp³-hybridized carbons (Fsp3) is 0.522. The molecule has 1 aliphatic rings. The Balaban J connectivity index is 1.99. The van der Waals surface area contributed by atoms with Crippen molar-refractivity contribution in [2.24, 2.45) is 5.92 Å². The lowest BCUT2D eigenvalue weighted by molar-refractivity contribution is -0.139. The van der Waals surface area contributed by atoms with Gasteiger partial charge in [-0.25, -0.2) is 5.48 Å². The van der Waals surface area contributed by atoms with Gasteiger partial charge in [0.2, 0.25) is 17.7 Å². The second-order valence-electron chi connectivity index (χ2n) is 8.95. The lowest BCUT2D eigenvalue weighted by Gasteiger charge is -2.27. The van der Waals surface area contributed by atoms with Gasteiger partial charge in [0, 0.05) is 17.8 Å². The molecule has 1 aliphatic heterocycles. The Labute approximate surface area is 203 Å². The molecule has 12 nitrogen and oxygen atoms in total. The highest BCUT2D eigenvalue weighted by Crippen LogP contribution is 2.18. The second kappa shape index (κ2) is 12.7. The van der Waals surface area contributed by atoms with Crippen molar-refractivity contribution in [2.75, 3.05) is 18.8 Å². The van der Waals surface area contributed by atoms with Crippen molar-refractivity contribution in [2.45, 2.75) is 58.2 Å². The minimum Gasteiger partial charge on any atom is -0.399 e. The molecule has 2 rings (SSSR count). The highest BCUT2D eigenvalue weighted by atomic mass is 16.5. The van der Waals surface area contributed by atoms with Crippen LogP contribution in [0.15, 0.2) is 24.3 Å². The number of nitrogens with zero attached hydrogens (tertiary/aromatic N) is 1. The smallest absolute Gasteiger partial charge is 0.265 e. The molecule has 35 heavy (non-hydrogen) atoms. The van der Waals surface area contributed by atoms with Crippen LogP contribution in [0.5, 0.6) is 0 Å². The zero-order valence-corrected chi connectivity index (χ0v) is 20.2. The molecule has 0 radical (unpaired) electrons. The number of nitrogens with two attached hydrogens (primary N) is 1. The Morgan fingerprint density at radius 3 is 2.31 bits per heavy atom. The minimum atomic E-state index is -1.01. The maximum absolute atomic E-state index is 13.0. The second-order valence-corrected chi connectivity index (χ2v) is 8.95. The average molecular weight is 491 g/mol. The van der Waals surface area contributed by atoms with Gasteiger partial charge in [0.05, 0.1) is 6.54 Å². The normalized spacial score (nSPS) is 16.8. The summed E-state index contributed by atoms with van der Waals surface area (Å²) in [6.45, 7) is 5.23. The van der Waals surface area contributed by atoms with Gasteiger partial charge < -0.3 is 26.6 Å². The van der Waals surface area contributed by atoms with Crippen molar-refractivity contribution in [3.05, 3.63) is 29.8 Å². The summed E-state index contributed by atoms with van der Waals surface area (Å²) in [7, 11) is 0. The maximum atomic E-state index is 13.0. The quantitative estimate of drug-likeness (QED) is 0.145. The molecule has 1 aromatic carbocycles. The van der Waals surface area contributed by atoms with Crippen LogP contribution in [0.2, 0.25) is 0 Å². The molecule has 7 N–H and O–H groups in total. The van der Waals surface area contributed by atoms with E-state index in [4.69, 9.17) is 10.9 Å². The van der Waals surface area contributed by atoms with Gasteiger partial charge in [0.25, 0.3) is 11.8 Å². The predicted molar refractivity (Wildman–Crippen MR) is 127 cm³/mol. The first kappa shape index (κ1) is 27.6. The van der Waals surface area contributed by atoms with Crippen LogP contribution in [0.25, 0.3) is 0 Å². The van der Waals surface area contributed by atoms with Crippen LogP contribution in [-0.4, -0.2) is 70.9 Å². The van der Waals surface area contributed by atoms with E-state index in [0.717, 1.165) is 0 Å². The number of hydrogen-bond acceptors (Lipinski definition) is 7. The van der Waals surface area contributed by atoms with Crippen molar-refractivity contribution in [3.63, 3.8) is 0 Å². The molecule has 0 aromatic heterocycles. The van der Waals surface area contributed by atoms with Gasteiger partial charge in [-0.05, 0) is 56.4 Å². The van der Waals surface area contributed by atoms with Crippen molar-refractivity contribution in [1.82, 2.24) is 26.3 Å².